The van der Waals surface area contributed by atoms with Crippen molar-refractivity contribution in [2.75, 3.05) is 6.54 Å². The van der Waals surface area contributed by atoms with Crippen molar-refractivity contribution in [3.63, 3.8) is 0 Å². The van der Waals surface area contributed by atoms with E-state index in [4.69, 9.17) is 0 Å². The van der Waals surface area contributed by atoms with Crippen molar-refractivity contribution in [2.24, 2.45) is 0 Å². The van der Waals surface area contributed by atoms with Crippen molar-refractivity contribution in [2.45, 2.75) is 39.3 Å². The number of aromatic hydroxyl groups is 1. The lowest BCUT2D eigenvalue weighted by atomic mass is 10.1. The molecular formula is C17H20N4O3. The third-order valence-electron chi connectivity index (χ3n) is 4.23. The van der Waals surface area contributed by atoms with Gasteiger partial charge in [-0.1, -0.05) is 19.1 Å². The Balaban J connectivity index is 1.75. The van der Waals surface area contributed by atoms with Gasteiger partial charge in [0.2, 0.25) is 0 Å². The Morgan fingerprint density at radius 3 is 3.00 bits per heavy atom. The van der Waals surface area contributed by atoms with E-state index in [1.165, 1.54) is 6.07 Å². The smallest absolute Gasteiger partial charge is 0.311 e. The van der Waals surface area contributed by atoms with Crippen LogP contribution in [-0.4, -0.2) is 31.4 Å². The van der Waals surface area contributed by atoms with Crippen LogP contribution in [0.3, 0.4) is 0 Å². The van der Waals surface area contributed by atoms with E-state index in [0.29, 0.717) is 18.7 Å². The molecule has 0 amide bonds. The number of phenolic OH excluding ortho intramolecular Hbond substituents is 1. The van der Waals surface area contributed by atoms with Crippen LogP contribution in [-0.2, 0) is 25.9 Å². The number of para-hydroxylation sites is 1. The molecule has 1 aliphatic rings. The minimum Gasteiger partial charge on any atom is -0.502 e. The lowest BCUT2D eigenvalue weighted by molar-refractivity contribution is -0.385. The zero-order valence-corrected chi connectivity index (χ0v) is 13.6. The minimum atomic E-state index is -0.562. The van der Waals surface area contributed by atoms with Crippen LogP contribution in [0.4, 0.5) is 5.69 Å². The lowest BCUT2D eigenvalue weighted by Crippen LogP contribution is -2.31. The molecule has 1 aliphatic heterocycles. The lowest BCUT2D eigenvalue weighted by Gasteiger charge is -2.28. The van der Waals surface area contributed by atoms with Crippen LogP contribution in [0.25, 0.3) is 0 Å². The highest BCUT2D eigenvalue weighted by Crippen LogP contribution is 2.31. The van der Waals surface area contributed by atoms with Crippen molar-refractivity contribution in [3.05, 3.63) is 57.2 Å². The monoisotopic (exact) mass is 328 g/mol. The summed E-state index contributed by atoms with van der Waals surface area (Å²) < 4.78 is 0. The molecule has 3 rings (SSSR count). The summed E-state index contributed by atoms with van der Waals surface area (Å²) in [5.41, 5.74) is 2.49. The van der Waals surface area contributed by atoms with E-state index in [2.05, 4.69) is 21.8 Å². The Morgan fingerprint density at radius 1 is 1.42 bits per heavy atom. The number of phenols is 1. The maximum Gasteiger partial charge on any atom is 0.311 e. The number of aryl methyl sites for hydroxylation is 1. The second-order valence-corrected chi connectivity index (χ2v) is 6.01. The third-order valence-corrected chi connectivity index (χ3v) is 4.23. The van der Waals surface area contributed by atoms with Crippen LogP contribution in [0.5, 0.6) is 5.75 Å². The molecule has 1 N–H and O–H groups in total. The SMILES string of the molecule is CCCc1ncc2c(n1)CCN(Cc1cccc([N+](=O)[O-])c1O)C2. The maximum atomic E-state index is 10.9. The molecule has 0 unspecified atom stereocenters. The largest absolute Gasteiger partial charge is 0.502 e. The number of nitro groups is 1. The highest BCUT2D eigenvalue weighted by Gasteiger charge is 2.22. The molecule has 0 spiro atoms. The number of aromatic nitrogens is 2. The molecule has 0 saturated heterocycles. The number of rotatable bonds is 5. The second-order valence-electron chi connectivity index (χ2n) is 6.01. The van der Waals surface area contributed by atoms with E-state index in [-0.39, 0.29) is 11.4 Å². The van der Waals surface area contributed by atoms with Gasteiger partial charge in [-0.3, -0.25) is 15.0 Å². The number of hydrogen-bond acceptors (Lipinski definition) is 6. The topological polar surface area (TPSA) is 92.4 Å². The van der Waals surface area contributed by atoms with Crippen LogP contribution in [0.1, 0.15) is 36.0 Å². The maximum absolute atomic E-state index is 10.9. The first-order chi connectivity index (χ1) is 11.6. The number of fused-ring (bicyclic) bond motifs is 1. The number of hydrogen-bond donors (Lipinski definition) is 1. The van der Waals surface area contributed by atoms with Crippen molar-refractivity contribution in [1.82, 2.24) is 14.9 Å². The van der Waals surface area contributed by atoms with Crippen molar-refractivity contribution < 1.29 is 10.0 Å². The van der Waals surface area contributed by atoms with Gasteiger partial charge in [-0.25, -0.2) is 9.97 Å². The zero-order chi connectivity index (χ0) is 17.1. The Kier molecular flexibility index (Phi) is 4.71. The quantitative estimate of drug-likeness (QED) is 0.670. The summed E-state index contributed by atoms with van der Waals surface area (Å²) in [6.07, 6.45) is 4.62. The van der Waals surface area contributed by atoms with Gasteiger partial charge in [0.25, 0.3) is 0 Å². The van der Waals surface area contributed by atoms with E-state index in [9.17, 15) is 15.2 Å². The van der Waals surface area contributed by atoms with Crippen LogP contribution in [0.2, 0.25) is 0 Å². The average Bonchev–Trinajstić information content (AvgIpc) is 2.57. The van der Waals surface area contributed by atoms with Gasteiger partial charge >= 0.3 is 5.69 Å². The van der Waals surface area contributed by atoms with Crippen LogP contribution in [0.15, 0.2) is 24.4 Å². The van der Waals surface area contributed by atoms with Gasteiger partial charge in [0.1, 0.15) is 5.82 Å². The van der Waals surface area contributed by atoms with E-state index in [1.807, 2.05) is 6.20 Å². The summed E-state index contributed by atoms with van der Waals surface area (Å²) in [7, 11) is 0. The van der Waals surface area contributed by atoms with Gasteiger partial charge in [-0.05, 0) is 6.42 Å². The molecule has 24 heavy (non-hydrogen) atoms. The Morgan fingerprint density at radius 2 is 2.25 bits per heavy atom. The highest BCUT2D eigenvalue weighted by molar-refractivity contribution is 5.50. The molecule has 7 nitrogen and oxygen atoms in total. The molecule has 7 heteroatoms. The van der Waals surface area contributed by atoms with Crippen molar-refractivity contribution in [1.29, 1.82) is 0 Å². The molecule has 0 fully saturated rings. The summed E-state index contributed by atoms with van der Waals surface area (Å²) in [5, 5.41) is 21.0. The minimum absolute atomic E-state index is 0.247. The predicted octanol–water partition coefficient (Wildman–Crippen LogP) is 2.60. The molecule has 2 aromatic rings. The van der Waals surface area contributed by atoms with Gasteiger partial charge < -0.3 is 5.11 Å². The fraction of sp³-hybridized carbons (Fsp3) is 0.412. The fourth-order valence-electron chi connectivity index (χ4n) is 2.99. The molecular weight excluding hydrogens is 308 g/mol. The molecule has 1 aromatic carbocycles. The van der Waals surface area contributed by atoms with Gasteiger partial charge in [-0.2, -0.15) is 0 Å². The zero-order valence-electron chi connectivity index (χ0n) is 13.6. The molecule has 0 atom stereocenters. The van der Waals surface area contributed by atoms with E-state index >= 15 is 0 Å². The van der Waals surface area contributed by atoms with E-state index in [1.54, 1.807) is 12.1 Å². The first kappa shape index (κ1) is 16.3. The first-order valence-corrected chi connectivity index (χ1v) is 8.09. The number of nitrogens with zero attached hydrogens (tertiary/aromatic N) is 4. The van der Waals surface area contributed by atoms with Gasteiger partial charge in [0.15, 0.2) is 5.75 Å². The average molecular weight is 328 g/mol. The van der Waals surface area contributed by atoms with Crippen LogP contribution in [0, 0.1) is 10.1 Å². The van der Waals surface area contributed by atoms with E-state index < -0.39 is 4.92 Å². The fourth-order valence-corrected chi connectivity index (χ4v) is 2.99. The molecule has 0 radical (unpaired) electrons. The van der Waals surface area contributed by atoms with Crippen LogP contribution >= 0.6 is 0 Å². The molecule has 1 aromatic heterocycles. The Labute approximate surface area is 140 Å². The van der Waals surface area contributed by atoms with Gasteiger partial charge in [0, 0.05) is 61.6 Å². The van der Waals surface area contributed by atoms with E-state index in [0.717, 1.165) is 42.9 Å². The summed E-state index contributed by atoms with van der Waals surface area (Å²) in [5.74, 6) is 0.642. The van der Waals surface area contributed by atoms with Crippen molar-refractivity contribution >= 4 is 5.69 Å². The summed E-state index contributed by atoms with van der Waals surface area (Å²) in [6, 6.07) is 4.64. The molecule has 126 valence electrons. The van der Waals surface area contributed by atoms with Crippen LogP contribution < -0.4 is 0 Å². The third kappa shape index (κ3) is 3.35. The molecule has 0 saturated carbocycles. The first-order valence-electron chi connectivity index (χ1n) is 8.09. The van der Waals surface area contributed by atoms with Gasteiger partial charge in [-0.15, -0.1) is 0 Å². The molecule has 2 heterocycles. The van der Waals surface area contributed by atoms with Crippen molar-refractivity contribution in [3.8, 4) is 5.75 Å². The normalized spacial score (nSPS) is 14.4. The summed E-state index contributed by atoms with van der Waals surface area (Å²) >= 11 is 0. The predicted molar refractivity (Wildman–Crippen MR) is 88.6 cm³/mol. The number of benzene rings is 1. The summed E-state index contributed by atoms with van der Waals surface area (Å²) in [6.45, 7) is 4.06. The highest BCUT2D eigenvalue weighted by atomic mass is 16.6. The molecule has 0 bridgehead atoms. The number of nitro benzene ring substituents is 1. The standard InChI is InChI=1S/C17H20N4O3/c1-2-4-16-18-9-13-11-20(8-7-14(13)19-16)10-12-5-3-6-15(17(12)22)21(23)24/h3,5-6,9,22H,2,4,7-8,10-11H2,1H3. The Bertz CT molecular complexity index is 763. The Hall–Kier alpha value is -2.54. The second kappa shape index (κ2) is 6.92. The molecule has 0 aliphatic carbocycles. The summed E-state index contributed by atoms with van der Waals surface area (Å²) in [4.78, 5) is 21.5. The van der Waals surface area contributed by atoms with Gasteiger partial charge in [0.05, 0.1) is 4.92 Å².